The highest BCUT2D eigenvalue weighted by Crippen LogP contribution is 2.39. The molecule has 0 radical (unpaired) electrons. The predicted octanol–water partition coefficient (Wildman–Crippen LogP) is 2.00. The largest absolute Gasteiger partial charge is 0.462 e. The number of esters is 1. The predicted molar refractivity (Wildman–Crippen MR) is 77.4 cm³/mol. The summed E-state index contributed by atoms with van der Waals surface area (Å²) in [7, 11) is -4.33. The van der Waals surface area contributed by atoms with Gasteiger partial charge in [-0.25, -0.2) is 4.57 Å². The van der Waals surface area contributed by atoms with Gasteiger partial charge < -0.3 is 14.2 Å². The van der Waals surface area contributed by atoms with E-state index in [9.17, 15) is 24.4 Å². The Kier molecular flexibility index (Phi) is 6.04. The molecule has 0 spiro atoms. The first-order chi connectivity index (χ1) is 10.1. The van der Waals surface area contributed by atoms with Crippen LogP contribution in [0.15, 0.2) is 24.3 Å². The standard InChI is InChI=1S/C12H17N2O7P/c1-8(2)20-12(15)9(3)13-22(18,19)21-11-6-4-10(5-7-11)14(16)17/h4-9H,1-3H3,(H2,13,18,19). The lowest BCUT2D eigenvalue weighted by atomic mass is 10.3. The number of benzene rings is 1. The molecule has 0 heterocycles. The number of nitrogens with one attached hydrogen (secondary N) is 1. The molecule has 0 aliphatic rings. The number of hydrogen-bond acceptors (Lipinski definition) is 6. The Hall–Kier alpha value is -1.96. The third-order valence-corrected chi connectivity index (χ3v) is 3.51. The number of nitro benzene ring substituents is 1. The Morgan fingerprint density at radius 2 is 1.86 bits per heavy atom. The van der Waals surface area contributed by atoms with Crippen LogP contribution in [-0.2, 0) is 14.1 Å². The first-order valence-electron chi connectivity index (χ1n) is 6.36. The van der Waals surface area contributed by atoms with Crippen molar-refractivity contribution < 1.29 is 28.4 Å². The average molecular weight is 332 g/mol. The zero-order valence-corrected chi connectivity index (χ0v) is 13.1. The van der Waals surface area contributed by atoms with Crippen LogP contribution in [0.5, 0.6) is 5.75 Å². The fourth-order valence-electron chi connectivity index (χ4n) is 1.43. The van der Waals surface area contributed by atoms with E-state index in [-0.39, 0.29) is 17.5 Å². The molecule has 0 saturated heterocycles. The summed E-state index contributed by atoms with van der Waals surface area (Å²) in [6, 6.07) is 3.56. The molecule has 1 aromatic carbocycles. The summed E-state index contributed by atoms with van der Waals surface area (Å²) in [6.45, 7) is 4.65. The van der Waals surface area contributed by atoms with Crippen molar-refractivity contribution in [1.82, 2.24) is 5.09 Å². The summed E-state index contributed by atoms with van der Waals surface area (Å²) in [4.78, 5) is 31.1. The maximum Gasteiger partial charge on any atom is 0.456 e. The topological polar surface area (TPSA) is 128 Å². The molecule has 0 fully saturated rings. The Bertz CT molecular complexity index is 588. The minimum absolute atomic E-state index is 0.0478. The van der Waals surface area contributed by atoms with Crippen molar-refractivity contribution in [2.45, 2.75) is 32.9 Å². The Balaban J connectivity index is 2.68. The van der Waals surface area contributed by atoms with E-state index >= 15 is 0 Å². The smallest absolute Gasteiger partial charge is 0.456 e. The highest BCUT2D eigenvalue weighted by Gasteiger charge is 2.28. The fraction of sp³-hybridized carbons (Fsp3) is 0.417. The van der Waals surface area contributed by atoms with Crippen LogP contribution in [0.3, 0.4) is 0 Å². The molecule has 0 aromatic heterocycles. The Labute approximate surface area is 127 Å². The fourth-order valence-corrected chi connectivity index (χ4v) is 2.48. The molecule has 10 heteroatoms. The molecule has 0 aliphatic heterocycles. The van der Waals surface area contributed by atoms with Gasteiger partial charge in [0, 0.05) is 12.1 Å². The highest BCUT2D eigenvalue weighted by molar-refractivity contribution is 7.51. The van der Waals surface area contributed by atoms with Crippen LogP contribution in [0.25, 0.3) is 0 Å². The third-order valence-electron chi connectivity index (χ3n) is 2.34. The van der Waals surface area contributed by atoms with E-state index in [0.717, 1.165) is 12.1 Å². The van der Waals surface area contributed by atoms with E-state index < -0.39 is 24.7 Å². The number of hydrogen-bond donors (Lipinski definition) is 2. The van der Waals surface area contributed by atoms with Gasteiger partial charge >= 0.3 is 13.7 Å². The van der Waals surface area contributed by atoms with E-state index in [0.29, 0.717) is 0 Å². The molecule has 0 saturated carbocycles. The molecule has 0 amide bonds. The first-order valence-corrected chi connectivity index (χ1v) is 7.93. The highest BCUT2D eigenvalue weighted by atomic mass is 31.2. The summed E-state index contributed by atoms with van der Waals surface area (Å²) in [5.74, 6) is -0.745. The van der Waals surface area contributed by atoms with Crippen molar-refractivity contribution in [2.24, 2.45) is 0 Å². The molecule has 2 atom stereocenters. The summed E-state index contributed by atoms with van der Waals surface area (Å²) >= 11 is 0. The molecule has 22 heavy (non-hydrogen) atoms. The summed E-state index contributed by atoms with van der Waals surface area (Å²) in [5.41, 5.74) is -0.179. The second kappa shape index (κ2) is 7.35. The normalized spacial score (nSPS) is 15.0. The summed E-state index contributed by atoms with van der Waals surface area (Å²) < 4.78 is 21.6. The lowest BCUT2D eigenvalue weighted by Gasteiger charge is -2.19. The second-order valence-corrected chi connectivity index (χ2v) is 6.18. The average Bonchev–Trinajstić information content (AvgIpc) is 2.37. The van der Waals surface area contributed by atoms with Gasteiger partial charge in [-0.1, -0.05) is 0 Å². The van der Waals surface area contributed by atoms with Gasteiger partial charge in [-0.05, 0) is 32.9 Å². The lowest BCUT2D eigenvalue weighted by Crippen LogP contribution is -2.35. The number of rotatable bonds is 7. The molecule has 0 aliphatic carbocycles. The van der Waals surface area contributed by atoms with Gasteiger partial charge in [-0.3, -0.25) is 14.9 Å². The molecule has 1 aromatic rings. The van der Waals surface area contributed by atoms with Gasteiger partial charge in [0.05, 0.1) is 11.0 Å². The van der Waals surface area contributed by atoms with Crippen molar-refractivity contribution >= 4 is 19.4 Å². The molecule has 2 unspecified atom stereocenters. The summed E-state index contributed by atoms with van der Waals surface area (Å²) in [5, 5.41) is 12.6. The number of nitrogens with zero attached hydrogens (tertiary/aromatic N) is 1. The van der Waals surface area contributed by atoms with E-state index in [1.54, 1.807) is 13.8 Å². The van der Waals surface area contributed by atoms with Crippen LogP contribution < -0.4 is 9.61 Å². The maximum atomic E-state index is 11.9. The summed E-state index contributed by atoms with van der Waals surface area (Å²) in [6.07, 6.45) is -0.356. The molecule has 9 nitrogen and oxygen atoms in total. The molecule has 0 bridgehead atoms. The number of non-ortho nitro benzene ring substituents is 1. The quantitative estimate of drug-likeness (QED) is 0.336. The van der Waals surface area contributed by atoms with Crippen molar-refractivity contribution in [3.8, 4) is 5.75 Å². The Morgan fingerprint density at radius 1 is 1.32 bits per heavy atom. The molecule has 1 rings (SSSR count). The SMILES string of the molecule is CC(C)OC(=O)C(C)NP(=O)(O)Oc1ccc([N+](=O)[O-])cc1. The van der Waals surface area contributed by atoms with Crippen LogP contribution >= 0.6 is 7.75 Å². The van der Waals surface area contributed by atoms with Crippen LogP contribution in [-0.4, -0.2) is 27.9 Å². The monoisotopic (exact) mass is 332 g/mol. The van der Waals surface area contributed by atoms with E-state index in [1.807, 2.05) is 0 Å². The molecule has 2 N–H and O–H groups in total. The molecular weight excluding hydrogens is 315 g/mol. The minimum Gasteiger partial charge on any atom is -0.462 e. The number of carbonyl (C=O) groups is 1. The van der Waals surface area contributed by atoms with E-state index in [2.05, 4.69) is 5.09 Å². The van der Waals surface area contributed by atoms with Gasteiger partial charge in [0.25, 0.3) is 5.69 Å². The number of nitro groups is 1. The Morgan fingerprint density at radius 3 is 2.32 bits per heavy atom. The molecule has 122 valence electrons. The first kappa shape index (κ1) is 18.1. The van der Waals surface area contributed by atoms with Crippen LogP contribution in [0.1, 0.15) is 20.8 Å². The minimum atomic E-state index is -4.33. The van der Waals surface area contributed by atoms with Gasteiger partial charge in [-0.2, -0.15) is 5.09 Å². The van der Waals surface area contributed by atoms with Crippen molar-refractivity contribution in [1.29, 1.82) is 0 Å². The van der Waals surface area contributed by atoms with Crippen LogP contribution in [0.2, 0.25) is 0 Å². The van der Waals surface area contributed by atoms with Gasteiger partial charge in [-0.15, -0.1) is 0 Å². The third kappa shape index (κ3) is 5.80. The van der Waals surface area contributed by atoms with E-state index in [1.165, 1.54) is 19.1 Å². The van der Waals surface area contributed by atoms with Crippen LogP contribution in [0, 0.1) is 10.1 Å². The van der Waals surface area contributed by atoms with Crippen molar-refractivity contribution in [2.75, 3.05) is 0 Å². The van der Waals surface area contributed by atoms with E-state index in [4.69, 9.17) is 9.26 Å². The van der Waals surface area contributed by atoms with Gasteiger partial charge in [0.2, 0.25) is 0 Å². The molecular formula is C12H17N2O7P. The second-order valence-electron chi connectivity index (χ2n) is 4.70. The zero-order valence-electron chi connectivity index (χ0n) is 12.3. The zero-order chi connectivity index (χ0) is 16.9. The van der Waals surface area contributed by atoms with Gasteiger partial charge in [0.1, 0.15) is 11.8 Å². The van der Waals surface area contributed by atoms with Crippen LogP contribution in [0.4, 0.5) is 5.69 Å². The van der Waals surface area contributed by atoms with Crippen molar-refractivity contribution in [3.63, 3.8) is 0 Å². The van der Waals surface area contributed by atoms with Gasteiger partial charge in [0.15, 0.2) is 0 Å². The maximum absolute atomic E-state index is 11.9. The number of carbonyl (C=O) groups excluding carboxylic acids is 1. The lowest BCUT2D eigenvalue weighted by molar-refractivity contribution is -0.384. The van der Waals surface area contributed by atoms with Crippen molar-refractivity contribution in [3.05, 3.63) is 34.4 Å². The number of ether oxygens (including phenoxy) is 1.